The number of pyridine rings is 1. The average molecular weight is 542 g/mol. The molecule has 0 bridgehead atoms. The molecule has 3 aromatic heterocycles. The van der Waals surface area contributed by atoms with Crippen LogP contribution < -0.4 is 15.8 Å². The van der Waals surface area contributed by atoms with E-state index in [9.17, 15) is 22.4 Å². The first kappa shape index (κ1) is 26.0. The van der Waals surface area contributed by atoms with E-state index in [1.165, 1.54) is 36.7 Å². The third-order valence-electron chi connectivity index (χ3n) is 6.09. The quantitative estimate of drug-likeness (QED) is 0.329. The molecule has 202 valence electrons. The molecule has 1 saturated heterocycles. The molecule has 1 aliphatic heterocycles. The number of hydrogen-bond donors (Lipinski definition) is 2. The molecule has 3 N–H and O–H groups in total. The van der Waals surface area contributed by atoms with Gasteiger partial charge in [0.1, 0.15) is 11.6 Å². The third-order valence-corrected chi connectivity index (χ3v) is 6.09. The van der Waals surface area contributed by atoms with Crippen molar-refractivity contribution in [1.29, 1.82) is 0 Å². The van der Waals surface area contributed by atoms with Gasteiger partial charge in [0, 0.05) is 30.7 Å². The largest absolute Gasteiger partial charge is 0.454 e. The van der Waals surface area contributed by atoms with Gasteiger partial charge in [0.15, 0.2) is 23.1 Å². The lowest BCUT2D eigenvalue weighted by molar-refractivity contribution is -0.143. The van der Waals surface area contributed by atoms with Gasteiger partial charge in [-0.2, -0.15) is 23.4 Å². The topological polar surface area (TPSA) is 124 Å². The Morgan fingerprint density at radius 3 is 2.59 bits per heavy atom. The van der Waals surface area contributed by atoms with Crippen molar-refractivity contribution in [3.05, 3.63) is 77.6 Å². The lowest BCUT2D eigenvalue weighted by atomic mass is 10.2. The molecule has 4 heterocycles. The minimum atomic E-state index is -4.94. The molecule has 1 amide bonds. The van der Waals surface area contributed by atoms with Crippen LogP contribution in [-0.4, -0.2) is 48.9 Å². The van der Waals surface area contributed by atoms with Gasteiger partial charge < -0.3 is 15.8 Å². The zero-order valence-corrected chi connectivity index (χ0v) is 20.3. The Morgan fingerprint density at radius 1 is 1.10 bits per heavy atom. The van der Waals surface area contributed by atoms with Crippen LogP contribution in [0.25, 0.3) is 5.82 Å². The Hall–Kier alpha value is -4.59. The number of nitrogens with two attached hydrogens (primary N) is 1. The number of likely N-dealkylation sites (tertiary alicyclic amines) is 1. The van der Waals surface area contributed by atoms with E-state index in [1.54, 1.807) is 6.07 Å². The predicted molar refractivity (Wildman–Crippen MR) is 132 cm³/mol. The standard InChI is InChI=1S/C25H22F4N8O2/c26-18-12-15(5-6-20(18)39-19-7-9-31-23(30)17(19)14-36-10-1-2-11-36)34-24(38)16-13-33-37(22(16)25(27,28)29)21-4-3-8-32-35-21/h3-9,12-13H,1-2,10-11,14H2,(H2,30,31)(H,34,38). The van der Waals surface area contributed by atoms with Gasteiger partial charge in [0.25, 0.3) is 5.91 Å². The molecule has 39 heavy (non-hydrogen) atoms. The minimum absolute atomic E-state index is 0.0863. The van der Waals surface area contributed by atoms with E-state index in [-0.39, 0.29) is 23.1 Å². The Bertz CT molecular complexity index is 1490. The van der Waals surface area contributed by atoms with E-state index >= 15 is 0 Å². The number of hydrogen-bond acceptors (Lipinski definition) is 8. The molecule has 0 spiro atoms. The van der Waals surface area contributed by atoms with Crippen LogP contribution in [0.4, 0.5) is 29.1 Å². The number of nitrogens with one attached hydrogen (secondary N) is 1. The molecule has 0 atom stereocenters. The van der Waals surface area contributed by atoms with Gasteiger partial charge in [-0.3, -0.25) is 9.69 Å². The maximum Gasteiger partial charge on any atom is 0.434 e. The number of nitrogen functional groups attached to an aromatic ring is 1. The summed E-state index contributed by atoms with van der Waals surface area (Å²) < 4.78 is 62.8. The summed E-state index contributed by atoms with van der Waals surface area (Å²) in [5, 5.41) is 13.1. The number of nitrogens with zero attached hydrogens (tertiary/aromatic N) is 6. The maximum absolute atomic E-state index is 15.0. The normalized spacial score (nSPS) is 13.9. The first-order chi connectivity index (χ1) is 18.7. The molecule has 1 aromatic carbocycles. The summed E-state index contributed by atoms with van der Waals surface area (Å²) >= 11 is 0. The second kappa shape index (κ2) is 10.6. The monoisotopic (exact) mass is 542 g/mol. The maximum atomic E-state index is 15.0. The minimum Gasteiger partial charge on any atom is -0.454 e. The van der Waals surface area contributed by atoms with Crippen LogP contribution in [0.15, 0.2) is 55.0 Å². The van der Waals surface area contributed by atoms with Crippen LogP contribution in [0.1, 0.15) is 34.5 Å². The fourth-order valence-corrected chi connectivity index (χ4v) is 4.25. The van der Waals surface area contributed by atoms with Gasteiger partial charge in [-0.15, -0.1) is 5.10 Å². The SMILES string of the molecule is Nc1nccc(Oc2ccc(NC(=O)c3cnn(-c4cccnn4)c3C(F)(F)F)cc2F)c1CN1CCCC1. The Labute approximate surface area is 219 Å². The van der Waals surface area contributed by atoms with Crippen molar-refractivity contribution in [3.63, 3.8) is 0 Å². The summed E-state index contributed by atoms with van der Waals surface area (Å²) in [4.78, 5) is 19.1. The molecule has 1 aliphatic rings. The molecule has 1 fully saturated rings. The van der Waals surface area contributed by atoms with E-state index in [0.29, 0.717) is 22.5 Å². The molecule has 5 rings (SSSR count). The number of benzene rings is 1. The summed E-state index contributed by atoms with van der Waals surface area (Å²) in [7, 11) is 0. The molecule has 0 radical (unpaired) electrons. The van der Waals surface area contributed by atoms with E-state index in [4.69, 9.17) is 10.5 Å². The van der Waals surface area contributed by atoms with Crippen LogP contribution in [0.3, 0.4) is 0 Å². The van der Waals surface area contributed by atoms with Gasteiger partial charge >= 0.3 is 6.18 Å². The van der Waals surface area contributed by atoms with E-state index in [1.807, 2.05) is 0 Å². The van der Waals surface area contributed by atoms with Crippen molar-refractivity contribution >= 4 is 17.4 Å². The highest BCUT2D eigenvalue weighted by atomic mass is 19.4. The fourth-order valence-electron chi connectivity index (χ4n) is 4.25. The van der Waals surface area contributed by atoms with Crippen molar-refractivity contribution in [3.8, 4) is 17.3 Å². The number of anilines is 2. The first-order valence-electron chi connectivity index (χ1n) is 11.9. The third kappa shape index (κ3) is 5.65. The summed E-state index contributed by atoms with van der Waals surface area (Å²) in [5.41, 5.74) is 4.47. The number of alkyl halides is 3. The van der Waals surface area contributed by atoms with Crippen molar-refractivity contribution in [2.24, 2.45) is 0 Å². The number of aromatic nitrogens is 5. The second-order valence-corrected chi connectivity index (χ2v) is 8.76. The Balaban J connectivity index is 1.36. The number of rotatable bonds is 7. The van der Waals surface area contributed by atoms with Crippen molar-refractivity contribution in [2.45, 2.75) is 25.6 Å². The molecule has 14 heteroatoms. The molecular weight excluding hydrogens is 520 g/mol. The molecule has 10 nitrogen and oxygen atoms in total. The Morgan fingerprint density at radius 2 is 1.90 bits per heavy atom. The zero-order valence-electron chi connectivity index (χ0n) is 20.3. The van der Waals surface area contributed by atoms with E-state index in [2.05, 4.69) is 30.5 Å². The fraction of sp³-hybridized carbons (Fsp3) is 0.240. The molecular formula is C25H22F4N8O2. The molecule has 0 aliphatic carbocycles. The van der Waals surface area contributed by atoms with Gasteiger partial charge in [-0.1, -0.05) is 0 Å². The second-order valence-electron chi connectivity index (χ2n) is 8.76. The van der Waals surface area contributed by atoms with Crippen molar-refractivity contribution < 1.29 is 27.1 Å². The zero-order chi connectivity index (χ0) is 27.6. The number of carbonyl (C=O) groups is 1. The number of ether oxygens (including phenoxy) is 1. The summed E-state index contributed by atoms with van der Waals surface area (Å²) in [6, 6.07) is 7.72. The molecule has 0 saturated carbocycles. The molecule has 4 aromatic rings. The highest BCUT2D eigenvalue weighted by Crippen LogP contribution is 2.35. The Kier molecular flexibility index (Phi) is 7.11. The number of halogens is 4. The first-order valence-corrected chi connectivity index (χ1v) is 11.9. The van der Waals surface area contributed by atoms with E-state index in [0.717, 1.165) is 38.2 Å². The highest BCUT2D eigenvalue weighted by Gasteiger charge is 2.41. The summed E-state index contributed by atoms with van der Waals surface area (Å²) in [6.45, 7) is 2.31. The highest BCUT2D eigenvalue weighted by molar-refractivity contribution is 6.05. The lowest BCUT2D eigenvalue weighted by Gasteiger charge is -2.19. The van der Waals surface area contributed by atoms with E-state index < -0.39 is 29.2 Å². The summed E-state index contributed by atoms with van der Waals surface area (Å²) in [6.07, 6.45) is 0.699. The van der Waals surface area contributed by atoms with Gasteiger partial charge in [0.05, 0.1) is 17.3 Å². The van der Waals surface area contributed by atoms with Gasteiger partial charge in [-0.05, 0) is 56.3 Å². The van der Waals surface area contributed by atoms with Gasteiger partial charge in [0.2, 0.25) is 0 Å². The molecule has 0 unspecified atom stereocenters. The van der Waals surface area contributed by atoms with Crippen molar-refractivity contribution in [2.75, 3.05) is 24.1 Å². The van der Waals surface area contributed by atoms with Crippen molar-refractivity contribution in [1.82, 2.24) is 29.9 Å². The number of carbonyl (C=O) groups excluding carboxylic acids is 1. The van der Waals surface area contributed by atoms with Crippen LogP contribution >= 0.6 is 0 Å². The number of amides is 1. The smallest absolute Gasteiger partial charge is 0.434 e. The average Bonchev–Trinajstić information content (AvgIpc) is 3.58. The summed E-state index contributed by atoms with van der Waals surface area (Å²) in [5.74, 6) is -1.77. The van der Waals surface area contributed by atoms with Crippen LogP contribution in [0, 0.1) is 5.82 Å². The van der Waals surface area contributed by atoms with Crippen LogP contribution in [0.5, 0.6) is 11.5 Å². The lowest BCUT2D eigenvalue weighted by Crippen LogP contribution is -2.21. The predicted octanol–water partition coefficient (Wildman–Crippen LogP) is 4.44. The van der Waals surface area contributed by atoms with Crippen LogP contribution in [0.2, 0.25) is 0 Å². The van der Waals surface area contributed by atoms with Gasteiger partial charge in [-0.25, -0.2) is 14.1 Å². The van der Waals surface area contributed by atoms with Crippen LogP contribution in [-0.2, 0) is 12.7 Å².